The molecule has 0 radical (unpaired) electrons. The van der Waals surface area contributed by atoms with Gasteiger partial charge in [-0.3, -0.25) is 0 Å². The van der Waals surface area contributed by atoms with Crippen LogP contribution in [0.1, 0.15) is 22.3 Å². The number of fused-ring (bicyclic) bond motifs is 2. The number of rotatable bonds is 5. The zero-order valence-corrected chi connectivity index (χ0v) is 24.3. The van der Waals surface area contributed by atoms with Crippen molar-refractivity contribution in [3.05, 3.63) is 192 Å². The molecule has 1 aliphatic rings. The molecule has 1 aromatic heterocycles. The van der Waals surface area contributed by atoms with Crippen molar-refractivity contribution in [1.29, 1.82) is 0 Å². The van der Waals surface area contributed by atoms with E-state index in [0.29, 0.717) is 0 Å². The van der Waals surface area contributed by atoms with E-state index in [0.717, 1.165) is 28.2 Å². The van der Waals surface area contributed by atoms with Gasteiger partial charge in [-0.25, -0.2) is 0 Å². The standard InChI is InChI=1S/C41H28OS/c1-4-12-29(13-5-1)30-20-22-31(23-21-30)39-26-27-40(43-39)32-24-25-36-38(28-32)42-37-19-11-10-18-35(37)41(36,33-14-6-2-7-15-33)34-16-8-3-9-17-34/h1-28H. The molecule has 0 bridgehead atoms. The van der Waals surface area contributed by atoms with E-state index in [9.17, 15) is 0 Å². The van der Waals surface area contributed by atoms with Crippen LogP contribution < -0.4 is 4.74 Å². The van der Waals surface area contributed by atoms with Crippen LogP contribution in [0.4, 0.5) is 0 Å². The van der Waals surface area contributed by atoms with Crippen molar-refractivity contribution in [3.63, 3.8) is 0 Å². The summed E-state index contributed by atoms with van der Waals surface area (Å²) < 4.78 is 6.69. The van der Waals surface area contributed by atoms with E-state index in [1.165, 1.54) is 37.6 Å². The van der Waals surface area contributed by atoms with E-state index in [4.69, 9.17) is 4.74 Å². The lowest BCUT2D eigenvalue weighted by Crippen LogP contribution is -2.34. The molecule has 0 unspecified atom stereocenters. The molecule has 7 aromatic rings. The Morgan fingerprint density at radius 2 is 0.860 bits per heavy atom. The second kappa shape index (κ2) is 10.6. The van der Waals surface area contributed by atoms with Gasteiger partial charge >= 0.3 is 0 Å². The summed E-state index contributed by atoms with van der Waals surface area (Å²) >= 11 is 1.81. The first-order valence-corrected chi connectivity index (χ1v) is 15.4. The average molecular weight is 569 g/mol. The molecule has 43 heavy (non-hydrogen) atoms. The molecular weight excluding hydrogens is 541 g/mol. The summed E-state index contributed by atoms with van der Waals surface area (Å²) in [4.78, 5) is 2.47. The Kier molecular flexibility index (Phi) is 6.28. The minimum Gasteiger partial charge on any atom is -0.457 e. The molecule has 2 heterocycles. The van der Waals surface area contributed by atoms with Crippen molar-refractivity contribution in [2.75, 3.05) is 0 Å². The van der Waals surface area contributed by atoms with Crippen LogP contribution in [0.2, 0.25) is 0 Å². The third-order valence-electron chi connectivity index (χ3n) is 8.48. The molecule has 0 amide bonds. The summed E-state index contributed by atoms with van der Waals surface area (Å²) in [6, 6.07) is 60.7. The SMILES string of the molecule is c1ccc(-c2ccc(-c3ccc(-c4ccc5c(c4)Oc4ccccc4C5(c4ccccc4)c4ccccc4)s3)cc2)cc1. The van der Waals surface area contributed by atoms with Crippen LogP contribution in [0.15, 0.2) is 170 Å². The van der Waals surface area contributed by atoms with E-state index < -0.39 is 5.41 Å². The van der Waals surface area contributed by atoms with Crippen LogP contribution in [0.25, 0.3) is 32.0 Å². The first-order chi connectivity index (χ1) is 21.3. The highest BCUT2D eigenvalue weighted by molar-refractivity contribution is 7.18. The minimum absolute atomic E-state index is 0.494. The summed E-state index contributed by atoms with van der Waals surface area (Å²) in [5.41, 5.74) is 9.12. The summed E-state index contributed by atoms with van der Waals surface area (Å²) in [6.07, 6.45) is 0. The second-order valence-electron chi connectivity index (χ2n) is 10.9. The number of thiophene rings is 1. The third kappa shape index (κ3) is 4.31. The van der Waals surface area contributed by atoms with Gasteiger partial charge < -0.3 is 4.74 Å². The molecule has 0 N–H and O–H groups in total. The van der Waals surface area contributed by atoms with Gasteiger partial charge in [-0.05, 0) is 57.6 Å². The highest BCUT2D eigenvalue weighted by Gasteiger charge is 2.45. The molecule has 2 heteroatoms. The fraction of sp³-hybridized carbons (Fsp3) is 0.0244. The van der Waals surface area contributed by atoms with Crippen molar-refractivity contribution < 1.29 is 4.74 Å². The Morgan fingerprint density at radius 1 is 0.372 bits per heavy atom. The van der Waals surface area contributed by atoms with Gasteiger partial charge in [0.05, 0.1) is 5.41 Å². The number of hydrogen-bond donors (Lipinski definition) is 0. The smallest absolute Gasteiger partial charge is 0.132 e. The van der Waals surface area contributed by atoms with E-state index in [2.05, 4.69) is 170 Å². The molecule has 0 atom stereocenters. The van der Waals surface area contributed by atoms with Crippen molar-refractivity contribution in [1.82, 2.24) is 0 Å². The highest BCUT2D eigenvalue weighted by Crippen LogP contribution is 2.55. The minimum atomic E-state index is -0.494. The fourth-order valence-corrected chi connectivity index (χ4v) is 7.48. The molecular formula is C41H28OS. The molecule has 8 rings (SSSR count). The van der Waals surface area contributed by atoms with Crippen LogP contribution >= 0.6 is 11.3 Å². The van der Waals surface area contributed by atoms with E-state index in [1.807, 2.05) is 11.3 Å². The number of ether oxygens (including phenoxy) is 1. The number of para-hydroxylation sites is 1. The first-order valence-electron chi connectivity index (χ1n) is 14.6. The topological polar surface area (TPSA) is 9.23 Å². The Balaban J connectivity index is 1.23. The maximum Gasteiger partial charge on any atom is 0.132 e. The van der Waals surface area contributed by atoms with Crippen LogP contribution in [-0.2, 0) is 5.41 Å². The summed E-state index contributed by atoms with van der Waals surface area (Å²) in [6.45, 7) is 0. The predicted molar refractivity (Wildman–Crippen MR) is 179 cm³/mol. The van der Waals surface area contributed by atoms with E-state index in [1.54, 1.807) is 0 Å². The average Bonchev–Trinajstić information content (AvgIpc) is 3.59. The lowest BCUT2D eigenvalue weighted by atomic mass is 9.63. The summed E-state index contributed by atoms with van der Waals surface area (Å²) in [5.74, 6) is 1.79. The normalized spacial score (nSPS) is 13.0. The van der Waals surface area contributed by atoms with Crippen LogP contribution in [-0.4, -0.2) is 0 Å². The molecule has 1 nitrogen and oxygen atoms in total. The maximum atomic E-state index is 6.69. The van der Waals surface area contributed by atoms with Gasteiger partial charge in [0.1, 0.15) is 11.5 Å². The van der Waals surface area contributed by atoms with Crippen molar-refractivity contribution in [2.24, 2.45) is 0 Å². The predicted octanol–water partition coefficient (Wildman–Crippen LogP) is 11.2. The van der Waals surface area contributed by atoms with Crippen LogP contribution in [0, 0.1) is 0 Å². The zero-order chi connectivity index (χ0) is 28.6. The van der Waals surface area contributed by atoms with Gasteiger partial charge in [-0.1, -0.05) is 146 Å². The molecule has 0 fully saturated rings. The fourth-order valence-electron chi connectivity index (χ4n) is 6.47. The van der Waals surface area contributed by atoms with E-state index >= 15 is 0 Å². The van der Waals surface area contributed by atoms with Gasteiger partial charge in [0.2, 0.25) is 0 Å². The Labute approximate surface area is 256 Å². The summed E-state index contributed by atoms with van der Waals surface area (Å²) in [7, 11) is 0. The van der Waals surface area contributed by atoms with Crippen molar-refractivity contribution >= 4 is 11.3 Å². The first kappa shape index (κ1) is 25.5. The van der Waals surface area contributed by atoms with E-state index in [-0.39, 0.29) is 0 Å². The maximum absolute atomic E-state index is 6.69. The quantitative estimate of drug-likeness (QED) is 0.201. The zero-order valence-electron chi connectivity index (χ0n) is 23.5. The van der Waals surface area contributed by atoms with Crippen molar-refractivity contribution in [2.45, 2.75) is 5.41 Å². The van der Waals surface area contributed by atoms with Gasteiger partial charge in [0.25, 0.3) is 0 Å². The Hall–Kier alpha value is -5.18. The largest absolute Gasteiger partial charge is 0.457 e. The Bertz CT molecular complexity index is 1980. The van der Waals surface area contributed by atoms with Gasteiger partial charge in [0, 0.05) is 20.9 Å². The van der Waals surface area contributed by atoms with Gasteiger partial charge in [-0.15, -0.1) is 11.3 Å². The molecule has 0 spiro atoms. The Morgan fingerprint density at radius 3 is 1.53 bits per heavy atom. The van der Waals surface area contributed by atoms with Gasteiger partial charge in [0.15, 0.2) is 0 Å². The number of benzene rings is 6. The number of hydrogen-bond acceptors (Lipinski definition) is 2. The lowest BCUT2D eigenvalue weighted by Gasteiger charge is -2.41. The summed E-state index contributed by atoms with van der Waals surface area (Å²) in [5, 5.41) is 0. The molecule has 6 aromatic carbocycles. The molecule has 1 aliphatic heterocycles. The van der Waals surface area contributed by atoms with Crippen molar-refractivity contribution in [3.8, 4) is 43.5 Å². The second-order valence-corrected chi connectivity index (χ2v) is 12.0. The molecule has 0 aliphatic carbocycles. The monoisotopic (exact) mass is 568 g/mol. The van der Waals surface area contributed by atoms with Gasteiger partial charge in [-0.2, -0.15) is 0 Å². The highest BCUT2D eigenvalue weighted by atomic mass is 32.1. The molecule has 204 valence electrons. The van der Waals surface area contributed by atoms with Crippen LogP contribution in [0.5, 0.6) is 11.5 Å². The molecule has 0 saturated carbocycles. The molecule has 0 saturated heterocycles. The van der Waals surface area contributed by atoms with Crippen LogP contribution in [0.3, 0.4) is 0 Å². The lowest BCUT2D eigenvalue weighted by molar-refractivity contribution is 0.435. The third-order valence-corrected chi connectivity index (χ3v) is 9.66.